The lowest BCUT2D eigenvalue weighted by Gasteiger charge is -2.32. The maximum Gasteiger partial charge on any atom is 0.0192 e. The normalized spacial score (nSPS) is 16.8. The highest BCUT2D eigenvalue weighted by atomic mass is 15.2. The van der Waals surface area contributed by atoms with Gasteiger partial charge in [0.1, 0.15) is 0 Å². The SMILES string of the molecule is C#CC#CC#CC.CCN1CCNCC1C.N#N.[HH].[HH].[HH].[HH].[HH].[HH]. The molecule has 1 aliphatic heterocycles. The lowest BCUT2D eigenvalue weighted by molar-refractivity contribution is 0.183. The van der Waals surface area contributed by atoms with Gasteiger partial charge in [-0.25, -0.2) is 0 Å². The van der Waals surface area contributed by atoms with Gasteiger partial charge >= 0.3 is 0 Å². The second-order valence-electron chi connectivity index (χ2n) is 3.45. The quantitative estimate of drug-likeness (QED) is 0.578. The van der Waals surface area contributed by atoms with E-state index in [-0.39, 0.29) is 8.56 Å². The molecule has 0 bridgehead atoms. The third-order valence-electron chi connectivity index (χ3n) is 2.37. The zero-order valence-corrected chi connectivity index (χ0v) is 11.3. The minimum absolute atomic E-state index is 0. The summed E-state index contributed by atoms with van der Waals surface area (Å²) in [6.07, 6.45) is 4.78. The third-order valence-corrected chi connectivity index (χ3v) is 2.37. The van der Waals surface area contributed by atoms with Crippen LogP contribution in [0.5, 0.6) is 0 Å². The van der Waals surface area contributed by atoms with Crippen LogP contribution in [0.15, 0.2) is 0 Å². The number of rotatable bonds is 1. The van der Waals surface area contributed by atoms with Gasteiger partial charge in [-0.15, -0.1) is 6.42 Å². The van der Waals surface area contributed by atoms with Crippen molar-refractivity contribution in [1.29, 1.82) is 10.8 Å². The summed E-state index contributed by atoms with van der Waals surface area (Å²) in [5.74, 6) is 12.0. The average molecular weight is 256 g/mol. The van der Waals surface area contributed by atoms with Crippen molar-refractivity contribution in [3.8, 4) is 36.0 Å². The summed E-state index contributed by atoms with van der Waals surface area (Å²) < 4.78 is 0. The predicted molar refractivity (Wildman–Crippen MR) is 85.8 cm³/mol. The molecule has 1 N–H and O–H groups in total. The molecule has 1 unspecified atom stereocenters. The fourth-order valence-corrected chi connectivity index (χ4v) is 1.48. The van der Waals surface area contributed by atoms with Crippen molar-refractivity contribution in [1.82, 2.24) is 10.2 Å². The molecule has 1 atom stereocenters. The molecule has 0 radical (unpaired) electrons. The van der Waals surface area contributed by atoms with Crippen molar-refractivity contribution in [2.45, 2.75) is 26.8 Å². The van der Waals surface area contributed by atoms with Gasteiger partial charge in [-0.1, -0.05) is 12.8 Å². The van der Waals surface area contributed by atoms with Crippen molar-refractivity contribution in [3.05, 3.63) is 0 Å². The Hall–Kier alpha value is -1.98. The Morgan fingerprint density at radius 3 is 2.44 bits per heavy atom. The van der Waals surface area contributed by atoms with E-state index in [2.05, 4.69) is 53.7 Å². The molecule has 1 heterocycles. The first-order valence-electron chi connectivity index (χ1n) is 5.78. The van der Waals surface area contributed by atoms with Gasteiger partial charge in [0, 0.05) is 45.0 Å². The fraction of sp³-hybridized carbons (Fsp3) is 0.571. The Morgan fingerprint density at radius 2 is 2.06 bits per heavy atom. The van der Waals surface area contributed by atoms with Crippen molar-refractivity contribution in [2.75, 3.05) is 26.2 Å². The Morgan fingerprint density at radius 1 is 1.39 bits per heavy atom. The van der Waals surface area contributed by atoms with E-state index in [4.69, 9.17) is 17.2 Å². The van der Waals surface area contributed by atoms with Crippen LogP contribution >= 0.6 is 0 Å². The molecule has 4 nitrogen and oxygen atoms in total. The standard InChI is InChI=1S/C7H16N2.C7H4.N2.6H2/c1-3-9-5-4-8-6-7(9)2;1-3-5-7-6-4-2;1-2;;;;;;/h7-8H,3-6H2,1-2H3;1H,2H3;;6*1H. The Kier molecular flexibility index (Phi) is 15.3. The molecule has 4 heteroatoms. The molecule has 1 aliphatic rings. The number of piperazine rings is 1. The first kappa shape index (κ1) is 18.4. The van der Waals surface area contributed by atoms with E-state index >= 15 is 0 Å². The van der Waals surface area contributed by atoms with Crippen LogP contribution in [0.2, 0.25) is 0 Å². The van der Waals surface area contributed by atoms with Gasteiger partial charge in [0.2, 0.25) is 0 Å². The summed E-state index contributed by atoms with van der Waals surface area (Å²) in [6, 6.07) is 0.740. The molecule has 0 amide bonds. The van der Waals surface area contributed by atoms with Gasteiger partial charge in [-0.3, -0.25) is 4.90 Å². The molecule has 0 aliphatic carbocycles. The topological polar surface area (TPSA) is 62.9 Å². The molecule has 0 aromatic carbocycles. The average Bonchev–Trinajstić information content (AvgIpc) is 2.43. The zero-order valence-electron chi connectivity index (χ0n) is 11.3. The predicted octanol–water partition coefficient (Wildman–Crippen LogP) is 2.45. The number of likely N-dealkylation sites (N-methyl/N-ethyl adjacent to an activating group) is 1. The van der Waals surface area contributed by atoms with Gasteiger partial charge in [-0.2, -0.15) is 0 Å². The van der Waals surface area contributed by atoms with Crippen molar-refractivity contribution in [3.63, 3.8) is 0 Å². The molecule has 18 heavy (non-hydrogen) atoms. The second kappa shape index (κ2) is 15.0. The number of hydrogen-bond donors (Lipinski definition) is 1. The molecule has 0 aromatic heterocycles. The minimum atomic E-state index is 0. The minimum Gasteiger partial charge on any atom is -0.314 e. The van der Waals surface area contributed by atoms with Gasteiger partial charge in [0.05, 0.1) is 0 Å². The lowest BCUT2D eigenvalue weighted by atomic mass is 10.2. The first-order valence-corrected chi connectivity index (χ1v) is 5.78. The highest BCUT2D eigenvalue weighted by Crippen LogP contribution is 1.99. The molecule has 1 rings (SSSR count). The molecule has 108 valence electrons. The largest absolute Gasteiger partial charge is 0.314 e. The lowest BCUT2D eigenvalue weighted by Crippen LogP contribution is -2.49. The summed E-state index contributed by atoms with van der Waals surface area (Å²) >= 11 is 0. The van der Waals surface area contributed by atoms with Crippen LogP contribution < -0.4 is 5.32 Å². The molecular weight excluding hydrogens is 224 g/mol. The maximum atomic E-state index is 6.00. The number of nitrogens with one attached hydrogen (secondary N) is 1. The van der Waals surface area contributed by atoms with Gasteiger partial charge in [-0.05, 0) is 44.1 Å². The van der Waals surface area contributed by atoms with Crippen molar-refractivity contribution >= 4 is 0 Å². The summed E-state index contributed by atoms with van der Waals surface area (Å²) in [5.41, 5.74) is 0. The highest BCUT2D eigenvalue weighted by Gasteiger charge is 2.14. The summed E-state index contributed by atoms with van der Waals surface area (Å²) in [5, 5.41) is 15.4. The second-order valence-corrected chi connectivity index (χ2v) is 3.45. The number of terminal acetylenes is 1. The van der Waals surface area contributed by atoms with Crippen LogP contribution in [0, 0.1) is 46.8 Å². The Balaban J connectivity index is -0.0000000266. The van der Waals surface area contributed by atoms with Crippen LogP contribution in [0.3, 0.4) is 0 Å². The maximum absolute atomic E-state index is 6.00. The van der Waals surface area contributed by atoms with E-state index in [9.17, 15) is 0 Å². The van der Waals surface area contributed by atoms with Gasteiger partial charge < -0.3 is 5.32 Å². The third kappa shape index (κ3) is 10.5. The van der Waals surface area contributed by atoms with Crippen molar-refractivity contribution in [2.24, 2.45) is 0 Å². The molecule has 1 saturated heterocycles. The zero-order chi connectivity index (χ0) is 14.2. The van der Waals surface area contributed by atoms with Crippen LogP contribution in [-0.2, 0) is 0 Å². The molecule has 0 saturated carbocycles. The van der Waals surface area contributed by atoms with Crippen molar-refractivity contribution < 1.29 is 8.56 Å². The fourth-order valence-electron chi connectivity index (χ4n) is 1.48. The number of hydrogen-bond acceptors (Lipinski definition) is 4. The van der Waals surface area contributed by atoms with Crippen LogP contribution in [-0.4, -0.2) is 37.1 Å². The summed E-state index contributed by atoms with van der Waals surface area (Å²) in [6.45, 7) is 11.0. The molecule has 1 fully saturated rings. The van der Waals surface area contributed by atoms with Crippen LogP contribution in [0.1, 0.15) is 29.3 Å². The van der Waals surface area contributed by atoms with E-state index in [0.29, 0.717) is 0 Å². The Bertz CT molecular complexity index is 389. The van der Waals surface area contributed by atoms with Crippen LogP contribution in [0.4, 0.5) is 0 Å². The van der Waals surface area contributed by atoms with Gasteiger partial charge in [0.15, 0.2) is 0 Å². The Labute approximate surface area is 119 Å². The summed E-state index contributed by atoms with van der Waals surface area (Å²) in [4.78, 5) is 2.50. The van der Waals surface area contributed by atoms with E-state index < -0.39 is 0 Å². The monoisotopic (exact) mass is 256 g/mol. The van der Waals surface area contributed by atoms with E-state index in [1.807, 2.05) is 0 Å². The van der Waals surface area contributed by atoms with E-state index in [1.54, 1.807) is 6.92 Å². The van der Waals surface area contributed by atoms with Gasteiger partial charge in [0.25, 0.3) is 0 Å². The van der Waals surface area contributed by atoms with E-state index in [1.165, 1.54) is 13.1 Å². The molecular formula is C14H32N4. The van der Waals surface area contributed by atoms with E-state index in [0.717, 1.165) is 19.1 Å². The molecule has 0 spiro atoms. The summed E-state index contributed by atoms with van der Waals surface area (Å²) in [7, 11) is 0. The first-order chi connectivity index (χ1) is 8.76. The molecule has 0 aromatic rings. The highest BCUT2D eigenvalue weighted by molar-refractivity contribution is 5.33. The smallest absolute Gasteiger partial charge is 0.0192 e. The number of nitrogens with zero attached hydrogens (tertiary/aromatic N) is 3. The van der Waals surface area contributed by atoms with Crippen LogP contribution in [0.25, 0.3) is 0 Å².